The van der Waals surface area contributed by atoms with E-state index in [1.54, 1.807) is 6.07 Å². The first-order valence-corrected chi connectivity index (χ1v) is 8.55. The Hall–Kier alpha value is 0.0300. The molecule has 106 valence electrons. The Kier molecular flexibility index (Phi) is 6.26. The van der Waals surface area contributed by atoms with Gasteiger partial charge in [-0.15, -0.1) is 0 Å². The predicted octanol–water partition coefficient (Wildman–Crippen LogP) is 3.49. The SMILES string of the molecule is Fc1ccc(CN2CCCN(CCBr)CC2)c(Br)c1. The van der Waals surface area contributed by atoms with E-state index in [0.717, 1.165) is 48.1 Å². The molecule has 1 heterocycles. The molecule has 1 aliphatic heterocycles. The summed E-state index contributed by atoms with van der Waals surface area (Å²) in [5.74, 6) is -0.185. The van der Waals surface area contributed by atoms with Gasteiger partial charge >= 0.3 is 0 Å². The summed E-state index contributed by atoms with van der Waals surface area (Å²) in [6.45, 7) is 6.49. The first-order valence-electron chi connectivity index (χ1n) is 6.63. The molecule has 0 saturated carbocycles. The molecule has 1 fully saturated rings. The van der Waals surface area contributed by atoms with Crippen LogP contribution in [0, 0.1) is 5.82 Å². The van der Waals surface area contributed by atoms with Crippen molar-refractivity contribution in [3.05, 3.63) is 34.1 Å². The molecular formula is C14H19Br2FN2. The zero-order valence-electron chi connectivity index (χ0n) is 10.9. The van der Waals surface area contributed by atoms with Gasteiger partial charge in [0.2, 0.25) is 0 Å². The highest BCUT2D eigenvalue weighted by atomic mass is 79.9. The number of rotatable bonds is 4. The van der Waals surface area contributed by atoms with E-state index in [2.05, 4.69) is 41.7 Å². The van der Waals surface area contributed by atoms with Crippen LogP contribution in [0.2, 0.25) is 0 Å². The lowest BCUT2D eigenvalue weighted by atomic mass is 10.2. The summed E-state index contributed by atoms with van der Waals surface area (Å²) in [5, 5.41) is 1.04. The van der Waals surface area contributed by atoms with Gasteiger partial charge < -0.3 is 4.90 Å². The average molecular weight is 394 g/mol. The van der Waals surface area contributed by atoms with Crippen LogP contribution in [0.1, 0.15) is 12.0 Å². The second-order valence-corrected chi connectivity index (χ2v) is 6.54. The van der Waals surface area contributed by atoms with Crippen molar-refractivity contribution in [2.24, 2.45) is 0 Å². The van der Waals surface area contributed by atoms with E-state index >= 15 is 0 Å². The third-order valence-corrected chi connectivity index (χ3v) is 4.58. The molecule has 0 spiro atoms. The molecule has 0 aliphatic carbocycles. The highest BCUT2D eigenvalue weighted by Crippen LogP contribution is 2.20. The first kappa shape index (κ1) is 15.4. The van der Waals surface area contributed by atoms with Crippen molar-refractivity contribution in [3.63, 3.8) is 0 Å². The van der Waals surface area contributed by atoms with Gasteiger partial charge in [0.1, 0.15) is 5.82 Å². The van der Waals surface area contributed by atoms with E-state index in [4.69, 9.17) is 0 Å². The number of benzene rings is 1. The van der Waals surface area contributed by atoms with E-state index in [1.807, 2.05) is 6.07 Å². The number of halogens is 3. The van der Waals surface area contributed by atoms with Crippen LogP contribution in [0.5, 0.6) is 0 Å². The van der Waals surface area contributed by atoms with Crippen LogP contribution in [-0.4, -0.2) is 47.9 Å². The maximum atomic E-state index is 13.1. The van der Waals surface area contributed by atoms with Crippen LogP contribution < -0.4 is 0 Å². The van der Waals surface area contributed by atoms with Crippen molar-refractivity contribution >= 4 is 31.9 Å². The van der Waals surface area contributed by atoms with E-state index in [-0.39, 0.29) is 5.82 Å². The second kappa shape index (κ2) is 7.72. The van der Waals surface area contributed by atoms with Crippen molar-refractivity contribution in [2.45, 2.75) is 13.0 Å². The molecule has 0 bridgehead atoms. The van der Waals surface area contributed by atoms with E-state index in [9.17, 15) is 4.39 Å². The topological polar surface area (TPSA) is 6.48 Å². The molecule has 1 saturated heterocycles. The minimum absolute atomic E-state index is 0.185. The smallest absolute Gasteiger partial charge is 0.124 e. The Morgan fingerprint density at radius 2 is 1.84 bits per heavy atom. The minimum Gasteiger partial charge on any atom is -0.301 e. The zero-order chi connectivity index (χ0) is 13.7. The Balaban J connectivity index is 1.92. The Bertz CT molecular complexity index is 414. The summed E-state index contributed by atoms with van der Waals surface area (Å²) in [6.07, 6.45) is 1.20. The number of nitrogens with zero attached hydrogens (tertiary/aromatic N) is 2. The molecule has 0 radical (unpaired) electrons. The summed E-state index contributed by atoms with van der Waals surface area (Å²) >= 11 is 6.95. The number of hydrogen-bond acceptors (Lipinski definition) is 2. The summed E-state index contributed by atoms with van der Waals surface area (Å²) in [4.78, 5) is 4.95. The van der Waals surface area contributed by atoms with Gasteiger partial charge in [-0.05, 0) is 37.2 Å². The molecule has 0 atom stereocenters. The lowest BCUT2D eigenvalue weighted by Crippen LogP contribution is -2.31. The summed E-state index contributed by atoms with van der Waals surface area (Å²) in [6, 6.07) is 4.96. The largest absolute Gasteiger partial charge is 0.301 e. The van der Waals surface area contributed by atoms with Gasteiger partial charge in [-0.2, -0.15) is 0 Å². The minimum atomic E-state index is -0.185. The Labute approximate surface area is 131 Å². The molecular weight excluding hydrogens is 375 g/mol. The molecule has 1 aromatic carbocycles. The van der Waals surface area contributed by atoms with Crippen molar-refractivity contribution in [1.82, 2.24) is 9.80 Å². The summed E-state index contributed by atoms with van der Waals surface area (Å²) in [5.41, 5.74) is 1.16. The molecule has 5 heteroatoms. The van der Waals surface area contributed by atoms with Gasteiger partial charge in [0.15, 0.2) is 0 Å². The van der Waals surface area contributed by atoms with Crippen molar-refractivity contribution in [3.8, 4) is 0 Å². The van der Waals surface area contributed by atoms with Crippen LogP contribution in [0.25, 0.3) is 0 Å². The Morgan fingerprint density at radius 3 is 2.58 bits per heavy atom. The van der Waals surface area contributed by atoms with Crippen LogP contribution in [-0.2, 0) is 6.54 Å². The average Bonchev–Trinajstić information content (AvgIpc) is 2.59. The maximum absolute atomic E-state index is 13.1. The molecule has 2 nitrogen and oxygen atoms in total. The predicted molar refractivity (Wildman–Crippen MR) is 84.2 cm³/mol. The molecule has 19 heavy (non-hydrogen) atoms. The van der Waals surface area contributed by atoms with Gasteiger partial charge in [-0.25, -0.2) is 4.39 Å². The van der Waals surface area contributed by atoms with Crippen LogP contribution in [0.3, 0.4) is 0 Å². The van der Waals surface area contributed by atoms with Crippen molar-refractivity contribution in [2.75, 3.05) is 38.1 Å². The van der Waals surface area contributed by atoms with Crippen LogP contribution in [0.4, 0.5) is 4.39 Å². The third kappa shape index (κ3) is 4.81. The Morgan fingerprint density at radius 1 is 1.11 bits per heavy atom. The highest BCUT2D eigenvalue weighted by molar-refractivity contribution is 9.10. The van der Waals surface area contributed by atoms with Gasteiger partial charge in [-0.3, -0.25) is 4.90 Å². The van der Waals surface area contributed by atoms with Crippen molar-refractivity contribution in [1.29, 1.82) is 0 Å². The van der Waals surface area contributed by atoms with E-state index in [0.29, 0.717) is 0 Å². The summed E-state index contributed by atoms with van der Waals surface area (Å²) in [7, 11) is 0. The third-order valence-electron chi connectivity index (χ3n) is 3.49. The van der Waals surface area contributed by atoms with E-state index in [1.165, 1.54) is 19.0 Å². The molecule has 0 aromatic heterocycles. The molecule has 2 rings (SSSR count). The zero-order valence-corrected chi connectivity index (χ0v) is 14.1. The van der Waals surface area contributed by atoms with Crippen LogP contribution >= 0.6 is 31.9 Å². The van der Waals surface area contributed by atoms with Gasteiger partial charge in [0.25, 0.3) is 0 Å². The number of alkyl halides is 1. The lowest BCUT2D eigenvalue weighted by molar-refractivity contribution is 0.258. The fraction of sp³-hybridized carbons (Fsp3) is 0.571. The molecule has 0 unspecified atom stereocenters. The second-order valence-electron chi connectivity index (χ2n) is 4.90. The van der Waals surface area contributed by atoms with E-state index < -0.39 is 0 Å². The monoisotopic (exact) mass is 392 g/mol. The van der Waals surface area contributed by atoms with Gasteiger partial charge in [0, 0.05) is 36.0 Å². The molecule has 0 N–H and O–H groups in total. The fourth-order valence-corrected chi connectivity index (χ4v) is 3.39. The quantitative estimate of drug-likeness (QED) is 0.722. The van der Waals surface area contributed by atoms with Gasteiger partial charge in [-0.1, -0.05) is 37.9 Å². The lowest BCUT2D eigenvalue weighted by Gasteiger charge is -2.21. The highest BCUT2D eigenvalue weighted by Gasteiger charge is 2.15. The van der Waals surface area contributed by atoms with Crippen LogP contribution in [0.15, 0.2) is 22.7 Å². The standard InChI is InChI=1S/C14H19Br2FN2/c15-4-7-18-5-1-6-19(9-8-18)11-12-2-3-13(17)10-14(12)16/h2-3,10H,1,4-9,11H2. The number of hydrogen-bond donors (Lipinski definition) is 0. The molecule has 1 aliphatic rings. The summed E-state index contributed by atoms with van der Waals surface area (Å²) < 4.78 is 13.9. The molecule has 1 aromatic rings. The first-order chi connectivity index (χ1) is 9.19. The fourth-order valence-electron chi connectivity index (χ4n) is 2.42. The normalized spacial score (nSPS) is 18.5. The maximum Gasteiger partial charge on any atom is 0.124 e. The van der Waals surface area contributed by atoms with Gasteiger partial charge in [0.05, 0.1) is 0 Å². The van der Waals surface area contributed by atoms with Crippen molar-refractivity contribution < 1.29 is 4.39 Å². The molecule has 0 amide bonds.